The fourth-order valence-corrected chi connectivity index (χ4v) is 2.81. The first-order valence-electron chi connectivity index (χ1n) is 8.81. The molecular formula is C20H23N3O4. The molecule has 1 atom stereocenters. The molecule has 0 saturated carbocycles. The predicted octanol–water partition coefficient (Wildman–Crippen LogP) is 1.93. The van der Waals surface area contributed by atoms with Crippen molar-refractivity contribution in [1.29, 1.82) is 0 Å². The van der Waals surface area contributed by atoms with Gasteiger partial charge < -0.3 is 14.4 Å². The lowest BCUT2D eigenvalue weighted by Gasteiger charge is -2.36. The quantitative estimate of drug-likeness (QED) is 0.640. The van der Waals surface area contributed by atoms with Gasteiger partial charge in [0.15, 0.2) is 0 Å². The number of ether oxygens (including phenoxy) is 2. The average Bonchev–Trinajstić information content (AvgIpc) is 2.72. The molecule has 1 heterocycles. The summed E-state index contributed by atoms with van der Waals surface area (Å²) in [7, 11) is 0. The Morgan fingerprint density at radius 2 is 1.44 bits per heavy atom. The van der Waals surface area contributed by atoms with E-state index < -0.39 is 18.1 Å². The van der Waals surface area contributed by atoms with Crippen molar-refractivity contribution in [1.82, 2.24) is 9.91 Å². The largest absolute Gasteiger partial charge is 0.460 e. The van der Waals surface area contributed by atoms with Crippen LogP contribution in [0.1, 0.15) is 11.1 Å². The zero-order valence-electron chi connectivity index (χ0n) is 15.0. The normalized spacial score (nSPS) is 17.4. The molecule has 1 fully saturated rings. The number of hydrogen-bond donors (Lipinski definition) is 1. The Balaban J connectivity index is 1.51. The Bertz CT molecular complexity index is 754. The smallest absolute Gasteiger partial charge is 0.410 e. The number of carbonyl (C=O) groups is 2. The fourth-order valence-electron chi connectivity index (χ4n) is 2.81. The molecular weight excluding hydrogens is 346 g/mol. The molecule has 27 heavy (non-hydrogen) atoms. The molecule has 0 aromatic heterocycles. The lowest BCUT2D eigenvalue weighted by molar-refractivity contribution is -0.153. The summed E-state index contributed by atoms with van der Waals surface area (Å²) in [5.41, 5.74) is 1.80. The third-order valence-corrected chi connectivity index (χ3v) is 4.38. The van der Waals surface area contributed by atoms with Crippen molar-refractivity contribution in [2.24, 2.45) is 5.84 Å². The van der Waals surface area contributed by atoms with Gasteiger partial charge in [0.25, 0.3) is 0 Å². The van der Waals surface area contributed by atoms with Crippen LogP contribution in [0.5, 0.6) is 0 Å². The molecule has 1 unspecified atom stereocenters. The van der Waals surface area contributed by atoms with Crippen LogP contribution in [0.4, 0.5) is 4.79 Å². The lowest BCUT2D eigenvalue weighted by Crippen LogP contribution is -2.60. The average molecular weight is 369 g/mol. The van der Waals surface area contributed by atoms with Gasteiger partial charge in [0.2, 0.25) is 0 Å². The van der Waals surface area contributed by atoms with E-state index in [9.17, 15) is 9.59 Å². The standard InChI is InChI=1S/C20H23N3O4/c21-23-12-11-22(20(25)27-15-17-9-5-2-6-10-17)13-18(23)19(24)26-14-16-7-3-1-4-8-16/h1-10,18H,11-15,21H2. The Kier molecular flexibility index (Phi) is 6.40. The van der Waals surface area contributed by atoms with Crippen LogP contribution in [-0.2, 0) is 27.5 Å². The molecule has 0 aliphatic carbocycles. The Labute approximate surface area is 158 Å². The number of piperazine rings is 1. The van der Waals surface area contributed by atoms with E-state index in [1.807, 2.05) is 60.7 Å². The molecule has 2 N–H and O–H groups in total. The van der Waals surface area contributed by atoms with Crippen LogP contribution < -0.4 is 5.84 Å². The first-order valence-corrected chi connectivity index (χ1v) is 8.81. The molecule has 0 radical (unpaired) electrons. The van der Waals surface area contributed by atoms with E-state index in [0.717, 1.165) is 11.1 Å². The second-order valence-corrected chi connectivity index (χ2v) is 6.33. The van der Waals surface area contributed by atoms with E-state index in [-0.39, 0.29) is 19.8 Å². The summed E-state index contributed by atoms with van der Waals surface area (Å²) in [6.45, 7) is 1.25. The molecule has 1 aliphatic rings. The van der Waals surface area contributed by atoms with E-state index >= 15 is 0 Å². The van der Waals surface area contributed by atoms with Gasteiger partial charge in [0.1, 0.15) is 19.3 Å². The summed E-state index contributed by atoms with van der Waals surface area (Å²) in [4.78, 5) is 26.2. The number of nitrogens with two attached hydrogens (primary N) is 1. The van der Waals surface area contributed by atoms with E-state index in [1.54, 1.807) is 0 Å². The highest BCUT2D eigenvalue weighted by atomic mass is 16.6. The van der Waals surface area contributed by atoms with E-state index in [2.05, 4.69) is 0 Å². The molecule has 7 heteroatoms. The van der Waals surface area contributed by atoms with Crippen molar-refractivity contribution in [2.75, 3.05) is 19.6 Å². The third kappa shape index (κ3) is 5.29. The molecule has 1 aliphatic heterocycles. The van der Waals surface area contributed by atoms with Crippen LogP contribution in [0.15, 0.2) is 60.7 Å². The van der Waals surface area contributed by atoms with Gasteiger partial charge in [-0.3, -0.25) is 10.6 Å². The highest BCUT2D eigenvalue weighted by Crippen LogP contribution is 2.12. The van der Waals surface area contributed by atoms with Gasteiger partial charge in [-0.1, -0.05) is 60.7 Å². The first-order chi connectivity index (χ1) is 13.1. The van der Waals surface area contributed by atoms with Crippen molar-refractivity contribution < 1.29 is 19.1 Å². The minimum absolute atomic E-state index is 0.137. The molecule has 2 aromatic rings. The maximum atomic E-state index is 12.4. The van der Waals surface area contributed by atoms with Crippen LogP contribution in [-0.4, -0.2) is 47.6 Å². The van der Waals surface area contributed by atoms with Crippen LogP contribution in [0.25, 0.3) is 0 Å². The van der Waals surface area contributed by atoms with Crippen LogP contribution in [0.2, 0.25) is 0 Å². The maximum absolute atomic E-state index is 12.4. The van der Waals surface area contributed by atoms with Crippen molar-refractivity contribution in [3.63, 3.8) is 0 Å². The fraction of sp³-hybridized carbons (Fsp3) is 0.300. The zero-order chi connectivity index (χ0) is 19.1. The summed E-state index contributed by atoms with van der Waals surface area (Å²) in [6, 6.07) is 18.1. The van der Waals surface area contributed by atoms with Crippen LogP contribution in [0.3, 0.4) is 0 Å². The van der Waals surface area contributed by atoms with Gasteiger partial charge in [-0.05, 0) is 11.1 Å². The van der Waals surface area contributed by atoms with Gasteiger partial charge in [0, 0.05) is 13.1 Å². The Morgan fingerprint density at radius 3 is 2.04 bits per heavy atom. The summed E-state index contributed by atoms with van der Waals surface area (Å²) < 4.78 is 10.7. The van der Waals surface area contributed by atoms with Gasteiger partial charge in [0.05, 0.1) is 6.54 Å². The van der Waals surface area contributed by atoms with Gasteiger partial charge in [-0.15, -0.1) is 0 Å². The lowest BCUT2D eigenvalue weighted by atomic mass is 10.2. The number of benzene rings is 2. The molecule has 1 amide bonds. The topological polar surface area (TPSA) is 85.1 Å². The summed E-state index contributed by atoms with van der Waals surface area (Å²) in [5.74, 6) is 5.47. The van der Waals surface area contributed by atoms with E-state index in [4.69, 9.17) is 15.3 Å². The van der Waals surface area contributed by atoms with Crippen molar-refractivity contribution in [3.05, 3.63) is 71.8 Å². The zero-order valence-corrected chi connectivity index (χ0v) is 15.0. The van der Waals surface area contributed by atoms with E-state index in [1.165, 1.54) is 9.91 Å². The number of esters is 1. The molecule has 3 rings (SSSR count). The number of carbonyl (C=O) groups excluding carboxylic acids is 2. The second kappa shape index (κ2) is 9.16. The SMILES string of the molecule is NN1CCN(C(=O)OCc2ccccc2)CC1C(=O)OCc1ccccc1. The molecule has 2 aromatic carbocycles. The number of hydrogen-bond acceptors (Lipinski definition) is 6. The maximum Gasteiger partial charge on any atom is 0.410 e. The number of hydrazine groups is 1. The summed E-state index contributed by atoms with van der Waals surface area (Å²) >= 11 is 0. The Morgan fingerprint density at radius 1 is 0.889 bits per heavy atom. The second-order valence-electron chi connectivity index (χ2n) is 6.33. The predicted molar refractivity (Wildman–Crippen MR) is 99.1 cm³/mol. The molecule has 0 spiro atoms. The summed E-state index contributed by atoms with van der Waals surface area (Å²) in [5, 5.41) is 1.41. The van der Waals surface area contributed by atoms with Gasteiger partial charge in [-0.25, -0.2) is 9.80 Å². The van der Waals surface area contributed by atoms with Crippen molar-refractivity contribution in [3.8, 4) is 0 Å². The highest BCUT2D eigenvalue weighted by molar-refractivity contribution is 5.77. The monoisotopic (exact) mass is 369 g/mol. The molecule has 0 bridgehead atoms. The summed E-state index contributed by atoms with van der Waals surface area (Å²) in [6.07, 6.45) is -0.465. The molecule has 142 valence electrons. The van der Waals surface area contributed by atoms with Crippen molar-refractivity contribution >= 4 is 12.1 Å². The first kappa shape index (κ1) is 18.9. The minimum Gasteiger partial charge on any atom is -0.460 e. The van der Waals surface area contributed by atoms with Gasteiger partial charge in [-0.2, -0.15) is 0 Å². The van der Waals surface area contributed by atoms with Crippen molar-refractivity contribution in [2.45, 2.75) is 19.3 Å². The Hall–Kier alpha value is -2.90. The minimum atomic E-state index is -0.716. The number of nitrogens with zero attached hydrogens (tertiary/aromatic N) is 2. The van der Waals surface area contributed by atoms with Crippen LogP contribution >= 0.6 is 0 Å². The number of rotatable bonds is 5. The van der Waals surface area contributed by atoms with Crippen LogP contribution in [0, 0.1) is 0 Å². The molecule has 7 nitrogen and oxygen atoms in total. The number of amides is 1. The van der Waals surface area contributed by atoms with E-state index in [0.29, 0.717) is 13.1 Å². The third-order valence-electron chi connectivity index (χ3n) is 4.38. The van der Waals surface area contributed by atoms with Gasteiger partial charge >= 0.3 is 12.1 Å². The highest BCUT2D eigenvalue weighted by Gasteiger charge is 2.34. The molecule has 1 saturated heterocycles.